The van der Waals surface area contributed by atoms with Crippen molar-refractivity contribution in [2.75, 3.05) is 0 Å². The van der Waals surface area contributed by atoms with Crippen LogP contribution in [0.5, 0.6) is 0 Å². The van der Waals surface area contributed by atoms with Gasteiger partial charge in [-0.3, -0.25) is 0 Å². The van der Waals surface area contributed by atoms with Crippen LogP contribution in [-0.4, -0.2) is 4.57 Å². The smallest absolute Gasteiger partial charge is 0.144 e. The highest BCUT2D eigenvalue weighted by Gasteiger charge is 2.14. The highest BCUT2D eigenvalue weighted by Crippen LogP contribution is 2.36. The van der Waals surface area contributed by atoms with E-state index >= 15 is 0 Å². The molecule has 0 N–H and O–H groups in total. The second kappa shape index (κ2) is 4.28. The molecule has 0 bridgehead atoms. The maximum absolute atomic E-state index is 13.3. The third-order valence-corrected chi connectivity index (χ3v) is 3.93. The van der Waals surface area contributed by atoms with E-state index < -0.39 is 5.82 Å². The summed E-state index contributed by atoms with van der Waals surface area (Å²) in [6, 6.07) is 5.12. The minimum atomic E-state index is -0.452. The molecule has 0 saturated carbocycles. The van der Waals surface area contributed by atoms with Crippen LogP contribution in [0.4, 0.5) is 4.39 Å². The van der Waals surface area contributed by atoms with Crippen LogP contribution in [0, 0.1) is 5.82 Å². The van der Waals surface area contributed by atoms with E-state index in [0.717, 1.165) is 5.69 Å². The molecule has 0 spiro atoms. The van der Waals surface area contributed by atoms with E-state index in [4.69, 9.17) is 11.6 Å². The van der Waals surface area contributed by atoms with Crippen LogP contribution < -0.4 is 0 Å². The van der Waals surface area contributed by atoms with Crippen LogP contribution in [0.15, 0.2) is 39.5 Å². The second-order valence-electron chi connectivity index (χ2n) is 2.91. The van der Waals surface area contributed by atoms with E-state index in [0.29, 0.717) is 8.95 Å². The summed E-state index contributed by atoms with van der Waals surface area (Å²) in [6.45, 7) is 0. The van der Waals surface area contributed by atoms with Gasteiger partial charge in [-0.1, -0.05) is 11.6 Å². The number of halogens is 4. The molecule has 0 aliphatic heterocycles. The van der Waals surface area contributed by atoms with Crippen molar-refractivity contribution in [1.82, 2.24) is 4.57 Å². The van der Waals surface area contributed by atoms with Crippen molar-refractivity contribution in [3.8, 4) is 5.69 Å². The molecule has 1 aromatic heterocycles. The topological polar surface area (TPSA) is 4.93 Å². The van der Waals surface area contributed by atoms with Gasteiger partial charge in [-0.25, -0.2) is 4.39 Å². The summed E-state index contributed by atoms with van der Waals surface area (Å²) in [5, 5.41) is 0.0851. The number of hydrogen-bond donors (Lipinski definition) is 0. The van der Waals surface area contributed by atoms with Crippen molar-refractivity contribution in [2.24, 2.45) is 0 Å². The van der Waals surface area contributed by atoms with Crippen molar-refractivity contribution >= 4 is 43.5 Å². The summed E-state index contributed by atoms with van der Waals surface area (Å²) in [6.07, 6.45) is 3.72. The van der Waals surface area contributed by atoms with E-state index in [1.54, 1.807) is 0 Å². The Morgan fingerprint density at radius 2 is 1.80 bits per heavy atom. The summed E-state index contributed by atoms with van der Waals surface area (Å²) in [5.41, 5.74) is 0.784. The normalized spacial score (nSPS) is 10.7. The first-order valence-electron chi connectivity index (χ1n) is 4.07. The standard InChI is InChI=1S/C10H5Br2ClFN/c11-6-5-7(14)9(13)8(12)10(6)15-3-1-2-4-15/h1-5H. The molecule has 15 heavy (non-hydrogen) atoms. The molecule has 78 valence electrons. The van der Waals surface area contributed by atoms with Gasteiger partial charge in [0.15, 0.2) is 0 Å². The van der Waals surface area contributed by atoms with E-state index in [-0.39, 0.29) is 5.02 Å². The molecule has 0 amide bonds. The zero-order valence-corrected chi connectivity index (χ0v) is 11.3. The fraction of sp³-hybridized carbons (Fsp3) is 0. The maximum atomic E-state index is 13.3. The predicted molar refractivity (Wildman–Crippen MR) is 66.1 cm³/mol. The van der Waals surface area contributed by atoms with Crippen molar-refractivity contribution in [1.29, 1.82) is 0 Å². The molecule has 0 atom stereocenters. The zero-order valence-electron chi connectivity index (χ0n) is 7.35. The lowest BCUT2D eigenvalue weighted by Crippen LogP contribution is -1.95. The van der Waals surface area contributed by atoms with Crippen molar-refractivity contribution < 1.29 is 4.39 Å². The molecule has 1 heterocycles. The Labute approximate surface area is 108 Å². The molecular weight excluding hydrogens is 348 g/mol. The lowest BCUT2D eigenvalue weighted by atomic mass is 10.3. The quantitative estimate of drug-likeness (QED) is 0.513. The lowest BCUT2D eigenvalue weighted by Gasteiger charge is -2.10. The van der Waals surface area contributed by atoms with Crippen LogP contribution in [0.3, 0.4) is 0 Å². The molecule has 1 aromatic carbocycles. The Morgan fingerprint density at radius 3 is 2.40 bits per heavy atom. The largest absolute Gasteiger partial charge is 0.322 e. The summed E-state index contributed by atoms with van der Waals surface area (Å²) in [7, 11) is 0. The minimum absolute atomic E-state index is 0.0851. The van der Waals surface area contributed by atoms with E-state index in [1.165, 1.54) is 6.07 Å². The highest BCUT2D eigenvalue weighted by molar-refractivity contribution is 9.11. The highest BCUT2D eigenvalue weighted by atomic mass is 79.9. The monoisotopic (exact) mass is 351 g/mol. The van der Waals surface area contributed by atoms with Crippen LogP contribution >= 0.6 is 43.5 Å². The Hall–Kier alpha value is -0.320. The van der Waals surface area contributed by atoms with Gasteiger partial charge in [0.1, 0.15) is 5.82 Å². The third kappa shape index (κ3) is 1.98. The molecule has 2 rings (SSSR count). The van der Waals surface area contributed by atoms with Gasteiger partial charge in [0.25, 0.3) is 0 Å². The van der Waals surface area contributed by atoms with Crippen LogP contribution in [0.2, 0.25) is 5.02 Å². The lowest BCUT2D eigenvalue weighted by molar-refractivity contribution is 0.626. The van der Waals surface area contributed by atoms with Gasteiger partial charge in [-0.05, 0) is 50.1 Å². The number of benzene rings is 1. The summed E-state index contributed by atoms with van der Waals surface area (Å²) in [4.78, 5) is 0. The van der Waals surface area contributed by atoms with Crippen molar-refractivity contribution in [3.05, 3.63) is 50.4 Å². The molecule has 0 aliphatic carbocycles. The van der Waals surface area contributed by atoms with Gasteiger partial charge in [0.05, 0.1) is 15.2 Å². The van der Waals surface area contributed by atoms with Crippen LogP contribution in [0.25, 0.3) is 5.69 Å². The van der Waals surface area contributed by atoms with Gasteiger partial charge in [-0.15, -0.1) is 0 Å². The summed E-state index contributed by atoms with van der Waals surface area (Å²) in [5.74, 6) is -0.452. The van der Waals surface area contributed by atoms with Crippen molar-refractivity contribution in [2.45, 2.75) is 0 Å². The first kappa shape index (κ1) is 11.2. The van der Waals surface area contributed by atoms with Crippen LogP contribution in [0.1, 0.15) is 0 Å². The Kier molecular flexibility index (Phi) is 3.19. The molecule has 0 saturated heterocycles. The molecule has 1 nitrogen and oxygen atoms in total. The first-order valence-corrected chi connectivity index (χ1v) is 6.04. The fourth-order valence-corrected chi connectivity index (χ4v) is 2.90. The molecule has 5 heteroatoms. The average Bonchev–Trinajstić information content (AvgIpc) is 2.68. The summed E-state index contributed by atoms with van der Waals surface area (Å²) < 4.78 is 16.3. The minimum Gasteiger partial charge on any atom is -0.322 e. The molecule has 0 aliphatic rings. The zero-order chi connectivity index (χ0) is 11.0. The summed E-state index contributed by atoms with van der Waals surface area (Å²) >= 11 is 12.4. The molecule has 2 aromatic rings. The number of aromatic nitrogens is 1. The maximum Gasteiger partial charge on any atom is 0.144 e. The van der Waals surface area contributed by atoms with Gasteiger partial charge in [0.2, 0.25) is 0 Å². The fourth-order valence-electron chi connectivity index (χ4n) is 1.28. The molecule has 0 fully saturated rings. The van der Waals surface area contributed by atoms with Crippen LogP contribution in [-0.2, 0) is 0 Å². The number of nitrogens with zero attached hydrogens (tertiary/aromatic N) is 1. The van der Waals surface area contributed by atoms with E-state index in [2.05, 4.69) is 31.9 Å². The predicted octanol–water partition coefficient (Wildman–Crippen LogP) is 4.79. The van der Waals surface area contributed by atoms with Gasteiger partial charge in [0, 0.05) is 16.9 Å². The third-order valence-electron chi connectivity index (χ3n) is 1.95. The first-order chi connectivity index (χ1) is 7.11. The second-order valence-corrected chi connectivity index (χ2v) is 4.93. The Balaban J connectivity index is 2.72. The molecule has 0 radical (unpaired) electrons. The van der Waals surface area contributed by atoms with E-state index in [1.807, 2.05) is 29.1 Å². The Bertz CT molecular complexity index is 497. The number of rotatable bonds is 1. The van der Waals surface area contributed by atoms with Crippen molar-refractivity contribution in [3.63, 3.8) is 0 Å². The number of hydrogen-bond acceptors (Lipinski definition) is 0. The van der Waals surface area contributed by atoms with Gasteiger partial charge in [-0.2, -0.15) is 0 Å². The SMILES string of the molecule is Fc1cc(Br)c(-n2cccc2)c(Br)c1Cl. The molecular formula is C10H5Br2ClFN. The molecule has 0 unspecified atom stereocenters. The van der Waals surface area contributed by atoms with E-state index in [9.17, 15) is 4.39 Å². The Morgan fingerprint density at radius 1 is 1.20 bits per heavy atom. The van der Waals surface area contributed by atoms with Gasteiger partial charge < -0.3 is 4.57 Å². The average molecular weight is 353 g/mol. The van der Waals surface area contributed by atoms with Gasteiger partial charge >= 0.3 is 0 Å².